The van der Waals surface area contributed by atoms with Gasteiger partial charge in [-0.25, -0.2) is 9.79 Å². The first-order chi connectivity index (χ1) is 10.8. The molecule has 0 spiro atoms. The van der Waals surface area contributed by atoms with Gasteiger partial charge in [0.15, 0.2) is 5.69 Å². The Morgan fingerprint density at radius 1 is 1.17 bits per heavy atom. The first-order valence-electron chi connectivity index (χ1n) is 6.78. The maximum atomic E-state index is 12.1. The molecule has 0 aliphatic heterocycles. The van der Waals surface area contributed by atoms with Crippen LogP contribution < -0.4 is 22.3 Å². The molecule has 8 heteroatoms. The van der Waals surface area contributed by atoms with Gasteiger partial charge < -0.3 is 11.1 Å². The fourth-order valence-corrected chi connectivity index (χ4v) is 1.96. The van der Waals surface area contributed by atoms with Crippen molar-refractivity contribution in [1.82, 2.24) is 9.13 Å². The topological polar surface area (TPSA) is 111 Å². The molecule has 0 aliphatic rings. The second-order valence-corrected chi connectivity index (χ2v) is 5.00. The molecule has 120 valence electrons. The third-order valence-electron chi connectivity index (χ3n) is 3.26. The Balaban J connectivity index is 2.36. The van der Waals surface area contributed by atoms with Crippen molar-refractivity contribution in [3.8, 4) is 0 Å². The minimum absolute atomic E-state index is 0.000498. The van der Waals surface area contributed by atoms with Gasteiger partial charge in [-0.2, -0.15) is 0 Å². The van der Waals surface area contributed by atoms with E-state index in [1.807, 2.05) is 0 Å². The molecule has 0 saturated heterocycles. The molecule has 3 N–H and O–H groups in total. The van der Waals surface area contributed by atoms with Crippen LogP contribution in [0.2, 0.25) is 0 Å². The zero-order chi connectivity index (χ0) is 17.1. The molecule has 0 saturated carbocycles. The molecule has 1 heterocycles. The van der Waals surface area contributed by atoms with E-state index in [1.165, 1.54) is 27.2 Å². The van der Waals surface area contributed by atoms with Crippen LogP contribution >= 0.6 is 0 Å². The number of aromatic nitrogens is 2. The van der Waals surface area contributed by atoms with E-state index in [-0.39, 0.29) is 17.4 Å². The van der Waals surface area contributed by atoms with Crippen molar-refractivity contribution >= 4 is 29.3 Å². The molecule has 1 aromatic carbocycles. The molecule has 0 atom stereocenters. The maximum absolute atomic E-state index is 12.1. The van der Waals surface area contributed by atoms with Crippen molar-refractivity contribution in [2.24, 2.45) is 19.1 Å². The number of hydrogen-bond donors (Lipinski definition) is 2. The van der Waals surface area contributed by atoms with E-state index in [0.29, 0.717) is 5.69 Å². The van der Waals surface area contributed by atoms with Crippen LogP contribution in [0.5, 0.6) is 0 Å². The number of amides is 1. The number of rotatable bonds is 3. The zero-order valence-corrected chi connectivity index (χ0v) is 13.0. The monoisotopic (exact) mass is 315 g/mol. The SMILES string of the molecule is CC(=O)Nc1ccc(C=Nc2c(N)n(C)c(=O)n(C)c2=O)cc1. The lowest BCUT2D eigenvalue weighted by Crippen LogP contribution is -2.37. The van der Waals surface area contributed by atoms with Crippen LogP contribution in [0, 0.1) is 0 Å². The van der Waals surface area contributed by atoms with Gasteiger partial charge in [-0.3, -0.25) is 18.7 Å². The lowest BCUT2D eigenvalue weighted by atomic mass is 10.2. The van der Waals surface area contributed by atoms with Crippen LogP contribution in [0.15, 0.2) is 38.8 Å². The molecule has 0 bridgehead atoms. The first kappa shape index (κ1) is 16.2. The van der Waals surface area contributed by atoms with Gasteiger partial charge in [-0.05, 0) is 17.7 Å². The standard InChI is InChI=1S/C15H17N5O3/c1-9(21)18-11-6-4-10(5-7-11)8-17-12-13(16)19(2)15(23)20(3)14(12)22/h4-8H,16H2,1-3H3,(H,18,21). The van der Waals surface area contributed by atoms with Crippen molar-refractivity contribution in [1.29, 1.82) is 0 Å². The number of nitrogens with one attached hydrogen (secondary N) is 1. The fraction of sp³-hybridized carbons (Fsp3) is 0.200. The van der Waals surface area contributed by atoms with Gasteiger partial charge in [0.25, 0.3) is 5.56 Å². The molecule has 1 amide bonds. The van der Waals surface area contributed by atoms with E-state index in [2.05, 4.69) is 10.3 Å². The van der Waals surface area contributed by atoms with Gasteiger partial charge in [0.2, 0.25) is 5.91 Å². The second-order valence-electron chi connectivity index (χ2n) is 5.00. The number of nitrogen functional groups attached to an aromatic ring is 1. The highest BCUT2D eigenvalue weighted by Gasteiger charge is 2.11. The number of anilines is 2. The van der Waals surface area contributed by atoms with Gasteiger partial charge in [0.05, 0.1) is 0 Å². The van der Waals surface area contributed by atoms with Crippen molar-refractivity contribution in [3.63, 3.8) is 0 Å². The van der Waals surface area contributed by atoms with E-state index < -0.39 is 11.2 Å². The van der Waals surface area contributed by atoms with Gasteiger partial charge in [0, 0.05) is 32.9 Å². The molecular weight excluding hydrogens is 298 g/mol. The number of nitrogens with zero attached hydrogens (tertiary/aromatic N) is 3. The predicted molar refractivity (Wildman–Crippen MR) is 89.3 cm³/mol. The summed E-state index contributed by atoms with van der Waals surface area (Å²) >= 11 is 0. The maximum Gasteiger partial charge on any atom is 0.332 e. The molecule has 0 aliphatic carbocycles. The van der Waals surface area contributed by atoms with Crippen LogP contribution in [0.4, 0.5) is 17.2 Å². The van der Waals surface area contributed by atoms with Gasteiger partial charge in [-0.1, -0.05) is 12.1 Å². The van der Waals surface area contributed by atoms with E-state index >= 15 is 0 Å². The first-order valence-corrected chi connectivity index (χ1v) is 6.78. The van der Waals surface area contributed by atoms with E-state index in [9.17, 15) is 14.4 Å². The normalized spacial score (nSPS) is 10.9. The van der Waals surface area contributed by atoms with E-state index in [4.69, 9.17) is 5.73 Å². The summed E-state index contributed by atoms with van der Waals surface area (Å²) in [7, 11) is 2.84. The highest BCUT2D eigenvalue weighted by molar-refractivity contribution is 5.89. The summed E-state index contributed by atoms with van der Waals surface area (Å²) in [5.74, 6) is -0.155. The average Bonchev–Trinajstić information content (AvgIpc) is 2.52. The molecule has 0 fully saturated rings. The zero-order valence-electron chi connectivity index (χ0n) is 13.0. The van der Waals surface area contributed by atoms with Crippen LogP contribution in [-0.2, 0) is 18.9 Å². The Morgan fingerprint density at radius 3 is 2.35 bits per heavy atom. The van der Waals surface area contributed by atoms with Crippen LogP contribution in [-0.4, -0.2) is 21.3 Å². The van der Waals surface area contributed by atoms with Gasteiger partial charge in [-0.15, -0.1) is 0 Å². The fourth-order valence-electron chi connectivity index (χ4n) is 1.96. The molecule has 1 aromatic heterocycles. The Bertz CT molecular complexity index is 891. The summed E-state index contributed by atoms with van der Waals surface area (Å²) in [5, 5.41) is 2.65. The summed E-state index contributed by atoms with van der Waals surface area (Å²) < 4.78 is 2.11. The number of hydrogen-bond acceptors (Lipinski definition) is 5. The highest BCUT2D eigenvalue weighted by atomic mass is 16.2. The Hall–Kier alpha value is -3.16. The van der Waals surface area contributed by atoms with Crippen molar-refractivity contribution in [2.45, 2.75) is 6.92 Å². The van der Waals surface area contributed by atoms with E-state index in [1.54, 1.807) is 24.3 Å². The third-order valence-corrected chi connectivity index (χ3v) is 3.26. The van der Waals surface area contributed by atoms with Gasteiger partial charge >= 0.3 is 5.69 Å². The van der Waals surface area contributed by atoms with Crippen LogP contribution in [0.1, 0.15) is 12.5 Å². The largest absolute Gasteiger partial charge is 0.383 e. The van der Waals surface area contributed by atoms with E-state index in [0.717, 1.165) is 14.7 Å². The number of aliphatic imine (C=N–C) groups is 1. The molecule has 8 nitrogen and oxygen atoms in total. The second kappa shape index (κ2) is 6.30. The van der Waals surface area contributed by atoms with Crippen LogP contribution in [0.25, 0.3) is 0 Å². The van der Waals surface area contributed by atoms with Crippen molar-refractivity contribution in [3.05, 3.63) is 50.7 Å². The Labute approximate surface area is 131 Å². The molecular formula is C15H17N5O3. The highest BCUT2D eigenvalue weighted by Crippen LogP contribution is 2.14. The Morgan fingerprint density at radius 2 is 1.78 bits per heavy atom. The minimum Gasteiger partial charge on any atom is -0.383 e. The molecule has 2 aromatic rings. The molecule has 2 rings (SSSR count). The number of carbonyl (C=O) groups is 1. The lowest BCUT2D eigenvalue weighted by Gasteiger charge is -2.08. The third kappa shape index (κ3) is 3.37. The summed E-state index contributed by atoms with van der Waals surface area (Å²) in [4.78, 5) is 38.8. The predicted octanol–water partition coefficient (Wildman–Crippen LogP) is 0.375. The van der Waals surface area contributed by atoms with Crippen molar-refractivity contribution < 1.29 is 4.79 Å². The lowest BCUT2D eigenvalue weighted by molar-refractivity contribution is -0.114. The summed E-state index contributed by atoms with van der Waals surface area (Å²) in [6, 6.07) is 6.89. The smallest absolute Gasteiger partial charge is 0.332 e. The van der Waals surface area contributed by atoms with Crippen LogP contribution in [0.3, 0.4) is 0 Å². The number of carbonyl (C=O) groups excluding carboxylic acids is 1. The molecule has 0 unspecified atom stereocenters. The number of benzene rings is 1. The summed E-state index contributed by atoms with van der Waals surface area (Å²) in [5.41, 5.74) is 6.09. The average molecular weight is 315 g/mol. The Kier molecular flexibility index (Phi) is 4.44. The molecule has 0 radical (unpaired) electrons. The van der Waals surface area contributed by atoms with Gasteiger partial charge in [0.1, 0.15) is 5.82 Å². The number of nitrogens with two attached hydrogens (primary N) is 1. The minimum atomic E-state index is -0.559. The summed E-state index contributed by atoms with van der Waals surface area (Å²) in [6.45, 7) is 1.42. The van der Waals surface area contributed by atoms with Crippen molar-refractivity contribution in [2.75, 3.05) is 11.1 Å². The summed E-state index contributed by atoms with van der Waals surface area (Å²) in [6.07, 6.45) is 1.47. The quantitative estimate of drug-likeness (QED) is 0.797. The molecule has 23 heavy (non-hydrogen) atoms.